The molecule has 0 spiro atoms. The summed E-state index contributed by atoms with van der Waals surface area (Å²) in [6.45, 7) is 4.56. The van der Waals surface area contributed by atoms with Gasteiger partial charge in [0.25, 0.3) is 0 Å². The Morgan fingerprint density at radius 2 is 2.04 bits per heavy atom. The van der Waals surface area contributed by atoms with Crippen molar-refractivity contribution in [1.82, 2.24) is 9.97 Å². The lowest BCUT2D eigenvalue weighted by Crippen LogP contribution is -2.06. The van der Waals surface area contributed by atoms with Crippen LogP contribution in [0.3, 0.4) is 0 Å². The van der Waals surface area contributed by atoms with Gasteiger partial charge in [0, 0.05) is 0 Å². The van der Waals surface area contributed by atoms with Gasteiger partial charge in [-0.3, -0.25) is 0 Å². The first-order chi connectivity index (χ1) is 11.1. The number of nitrogens with one attached hydrogen (secondary N) is 1. The number of hydrogen-bond donors (Lipinski definition) is 2. The molecule has 23 heavy (non-hydrogen) atoms. The molecule has 0 atom stereocenters. The van der Waals surface area contributed by atoms with E-state index in [1.54, 1.807) is 6.26 Å². The van der Waals surface area contributed by atoms with Crippen LogP contribution in [0.4, 0.5) is 11.5 Å². The van der Waals surface area contributed by atoms with E-state index >= 15 is 0 Å². The van der Waals surface area contributed by atoms with Gasteiger partial charge in [-0.25, -0.2) is 4.98 Å². The van der Waals surface area contributed by atoms with Gasteiger partial charge in [-0.1, -0.05) is 6.07 Å². The van der Waals surface area contributed by atoms with E-state index in [4.69, 9.17) is 14.9 Å². The van der Waals surface area contributed by atoms with Gasteiger partial charge in [-0.15, -0.1) is 0 Å². The molecule has 0 bridgehead atoms. The first kappa shape index (κ1) is 14.9. The minimum Gasteiger partial charge on any atom is -0.467 e. The van der Waals surface area contributed by atoms with E-state index < -0.39 is 0 Å². The summed E-state index contributed by atoms with van der Waals surface area (Å²) in [4.78, 5) is 8.25. The lowest BCUT2D eigenvalue weighted by molar-refractivity contribution is 0.464. The highest BCUT2D eigenvalue weighted by Crippen LogP contribution is 2.30. The van der Waals surface area contributed by atoms with Crippen molar-refractivity contribution >= 4 is 11.5 Å². The molecule has 0 aliphatic heterocycles. The molecule has 2 heterocycles. The molecule has 3 rings (SSSR count). The van der Waals surface area contributed by atoms with E-state index in [0.717, 1.165) is 11.3 Å². The Bertz CT molecular complexity index is 800. The third-order valence-corrected chi connectivity index (χ3v) is 3.55. The molecule has 0 amide bonds. The number of hydrogen-bond acceptors (Lipinski definition) is 6. The fourth-order valence-corrected chi connectivity index (χ4v) is 2.07. The summed E-state index contributed by atoms with van der Waals surface area (Å²) in [5.74, 6) is 2.32. The van der Waals surface area contributed by atoms with Crippen LogP contribution in [0.2, 0.25) is 0 Å². The van der Waals surface area contributed by atoms with Crippen LogP contribution in [0.15, 0.2) is 47.3 Å². The van der Waals surface area contributed by atoms with Crippen LogP contribution in [0.5, 0.6) is 11.6 Å². The van der Waals surface area contributed by atoms with Crippen molar-refractivity contribution in [2.75, 3.05) is 11.1 Å². The summed E-state index contributed by atoms with van der Waals surface area (Å²) in [7, 11) is 0. The first-order valence-corrected chi connectivity index (χ1v) is 7.25. The summed E-state index contributed by atoms with van der Waals surface area (Å²) in [5.41, 5.74) is 8.80. The highest BCUT2D eigenvalue weighted by atomic mass is 16.5. The summed E-state index contributed by atoms with van der Waals surface area (Å²) in [6, 6.07) is 9.54. The zero-order chi connectivity index (χ0) is 16.2. The normalized spacial score (nSPS) is 10.5. The molecule has 118 valence electrons. The Morgan fingerprint density at radius 3 is 2.78 bits per heavy atom. The number of nitrogens with zero attached hydrogens (tertiary/aromatic N) is 2. The summed E-state index contributed by atoms with van der Waals surface area (Å²) in [6.07, 6.45) is 3.03. The van der Waals surface area contributed by atoms with Crippen LogP contribution in [-0.4, -0.2) is 9.97 Å². The zero-order valence-electron chi connectivity index (χ0n) is 13.0. The van der Waals surface area contributed by atoms with Gasteiger partial charge in [0.05, 0.1) is 12.8 Å². The monoisotopic (exact) mass is 310 g/mol. The van der Waals surface area contributed by atoms with E-state index in [9.17, 15) is 0 Å². The van der Waals surface area contributed by atoms with Crippen LogP contribution in [-0.2, 0) is 6.54 Å². The van der Waals surface area contributed by atoms with Gasteiger partial charge in [0.1, 0.15) is 23.5 Å². The summed E-state index contributed by atoms with van der Waals surface area (Å²) in [5, 5.41) is 3.11. The van der Waals surface area contributed by atoms with Crippen molar-refractivity contribution in [2.24, 2.45) is 0 Å². The number of anilines is 2. The van der Waals surface area contributed by atoms with Crippen molar-refractivity contribution in [1.29, 1.82) is 0 Å². The average Bonchev–Trinajstić information content (AvgIpc) is 3.05. The van der Waals surface area contributed by atoms with Gasteiger partial charge in [-0.2, -0.15) is 4.98 Å². The molecule has 2 aromatic heterocycles. The SMILES string of the molecule is Cc1ccc(Oc2ncnc(NCc3ccco3)c2N)cc1C. The molecular weight excluding hydrogens is 292 g/mol. The number of aromatic nitrogens is 2. The Hall–Kier alpha value is -3.02. The van der Waals surface area contributed by atoms with Crippen molar-refractivity contribution < 1.29 is 9.15 Å². The smallest absolute Gasteiger partial charge is 0.248 e. The Labute approximate surface area is 134 Å². The molecule has 1 aromatic carbocycles. The average molecular weight is 310 g/mol. The van der Waals surface area contributed by atoms with Gasteiger partial charge in [-0.05, 0) is 49.2 Å². The van der Waals surface area contributed by atoms with Crippen LogP contribution >= 0.6 is 0 Å². The molecule has 0 radical (unpaired) electrons. The fourth-order valence-electron chi connectivity index (χ4n) is 2.07. The first-order valence-electron chi connectivity index (χ1n) is 7.25. The van der Waals surface area contributed by atoms with E-state index in [2.05, 4.69) is 22.2 Å². The summed E-state index contributed by atoms with van der Waals surface area (Å²) < 4.78 is 11.1. The number of nitrogen functional groups attached to an aromatic ring is 1. The van der Waals surface area contributed by atoms with E-state index in [0.29, 0.717) is 29.7 Å². The predicted octanol–water partition coefficient (Wildman–Crippen LogP) is 3.67. The van der Waals surface area contributed by atoms with E-state index in [1.807, 2.05) is 37.3 Å². The number of aryl methyl sites for hydroxylation is 2. The lowest BCUT2D eigenvalue weighted by Gasteiger charge is -2.12. The van der Waals surface area contributed by atoms with Crippen molar-refractivity contribution in [3.05, 3.63) is 59.8 Å². The van der Waals surface area contributed by atoms with Gasteiger partial charge >= 0.3 is 0 Å². The minimum absolute atomic E-state index is 0.324. The topological polar surface area (TPSA) is 86.2 Å². The Balaban J connectivity index is 1.77. The molecule has 3 aromatic rings. The van der Waals surface area contributed by atoms with Crippen molar-refractivity contribution in [2.45, 2.75) is 20.4 Å². The predicted molar refractivity (Wildman–Crippen MR) is 88.5 cm³/mol. The second kappa shape index (κ2) is 6.39. The van der Waals surface area contributed by atoms with E-state index in [1.165, 1.54) is 11.9 Å². The Morgan fingerprint density at radius 1 is 1.17 bits per heavy atom. The Kier molecular flexibility index (Phi) is 4.14. The van der Waals surface area contributed by atoms with Crippen molar-refractivity contribution in [3.8, 4) is 11.6 Å². The van der Waals surface area contributed by atoms with Gasteiger partial charge < -0.3 is 20.2 Å². The molecule has 0 aliphatic rings. The maximum atomic E-state index is 6.10. The molecule has 3 N–H and O–H groups in total. The van der Waals surface area contributed by atoms with Crippen LogP contribution in [0.25, 0.3) is 0 Å². The number of rotatable bonds is 5. The van der Waals surface area contributed by atoms with Crippen LogP contribution in [0, 0.1) is 13.8 Å². The molecule has 0 saturated heterocycles. The number of furan rings is 1. The molecule has 0 unspecified atom stereocenters. The highest BCUT2D eigenvalue weighted by molar-refractivity contribution is 5.67. The number of nitrogens with two attached hydrogens (primary N) is 1. The molecule has 0 fully saturated rings. The quantitative estimate of drug-likeness (QED) is 0.747. The molecule has 0 saturated carbocycles. The van der Waals surface area contributed by atoms with Crippen LogP contribution in [0.1, 0.15) is 16.9 Å². The van der Waals surface area contributed by atoms with Crippen LogP contribution < -0.4 is 15.8 Å². The second-order valence-corrected chi connectivity index (χ2v) is 5.22. The maximum Gasteiger partial charge on any atom is 0.248 e. The molecule has 0 aliphatic carbocycles. The summed E-state index contributed by atoms with van der Waals surface area (Å²) >= 11 is 0. The third kappa shape index (κ3) is 3.42. The standard InChI is InChI=1S/C17H18N4O2/c1-11-5-6-13(8-12(11)2)23-17-15(18)16(20-10-21-17)19-9-14-4-3-7-22-14/h3-8,10H,9,18H2,1-2H3,(H,19,20,21). The second-order valence-electron chi connectivity index (χ2n) is 5.22. The van der Waals surface area contributed by atoms with Crippen molar-refractivity contribution in [3.63, 3.8) is 0 Å². The highest BCUT2D eigenvalue weighted by Gasteiger charge is 2.11. The minimum atomic E-state index is 0.324. The van der Waals surface area contributed by atoms with Gasteiger partial charge in [0.15, 0.2) is 5.82 Å². The number of benzene rings is 1. The zero-order valence-corrected chi connectivity index (χ0v) is 13.0. The maximum absolute atomic E-state index is 6.10. The van der Waals surface area contributed by atoms with Gasteiger partial charge in [0.2, 0.25) is 5.88 Å². The lowest BCUT2D eigenvalue weighted by atomic mass is 10.1. The molecular formula is C17H18N4O2. The van der Waals surface area contributed by atoms with E-state index in [-0.39, 0.29) is 0 Å². The third-order valence-electron chi connectivity index (χ3n) is 3.55. The largest absolute Gasteiger partial charge is 0.467 e. The fraction of sp³-hybridized carbons (Fsp3) is 0.176. The molecule has 6 nitrogen and oxygen atoms in total. The number of ether oxygens (including phenoxy) is 1. The molecule has 6 heteroatoms.